The number of urea groups is 1. The summed E-state index contributed by atoms with van der Waals surface area (Å²) < 4.78 is 0. The van der Waals surface area contributed by atoms with Gasteiger partial charge in [-0.05, 0) is 18.8 Å². The number of imidazole rings is 1. The zero-order chi connectivity index (χ0) is 14.5. The van der Waals surface area contributed by atoms with Gasteiger partial charge in [-0.1, -0.05) is 13.3 Å². The standard InChI is InChI=1S/C13H20N4O3/c1-2-3-8-4-10(8)16-13(20)17-11(12(18)19)5-9-6-14-7-15-9/h6-8,10-11H,2-5H2,1H3,(H,14,15)(H,18,19)(H2,16,17,20)/t8?,10?,11-/m1/s1. The summed E-state index contributed by atoms with van der Waals surface area (Å²) >= 11 is 0. The van der Waals surface area contributed by atoms with Crippen LogP contribution in [0.15, 0.2) is 12.5 Å². The van der Waals surface area contributed by atoms with Gasteiger partial charge in [0.25, 0.3) is 0 Å². The second-order valence-electron chi connectivity index (χ2n) is 5.18. The smallest absolute Gasteiger partial charge is 0.326 e. The second-order valence-corrected chi connectivity index (χ2v) is 5.18. The van der Waals surface area contributed by atoms with Crippen LogP contribution >= 0.6 is 0 Å². The average Bonchev–Trinajstić information content (AvgIpc) is 2.90. The number of H-pyrrole nitrogens is 1. The third kappa shape index (κ3) is 3.97. The van der Waals surface area contributed by atoms with Crippen molar-refractivity contribution in [1.82, 2.24) is 20.6 Å². The van der Waals surface area contributed by atoms with Crippen molar-refractivity contribution in [2.24, 2.45) is 5.92 Å². The SMILES string of the molecule is CCCC1CC1NC(=O)N[C@H](Cc1cnc[nH]1)C(=O)O. The van der Waals surface area contributed by atoms with Gasteiger partial charge < -0.3 is 20.7 Å². The normalized spacial score (nSPS) is 22.1. The van der Waals surface area contributed by atoms with Crippen molar-refractivity contribution in [2.75, 3.05) is 0 Å². The Morgan fingerprint density at radius 3 is 3.00 bits per heavy atom. The molecule has 0 aromatic carbocycles. The van der Waals surface area contributed by atoms with E-state index in [0.29, 0.717) is 11.6 Å². The third-order valence-corrected chi connectivity index (χ3v) is 3.48. The first kappa shape index (κ1) is 14.4. The zero-order valence-corrected chi connectivity index (χ0v) is 11.4. The molecule has 0 saturated heterocycles. The maximum Gasteiger partial charge on any atom is 0.326 e. The third-order valence-electron chi connectivity index (χ3n) is 3.48. The van der Waals surface area contributed by atoms with E-state index in [1.165, 1.54) is 6.33 Å². The Balaban J connectivity index is 1.79. The van der Waals surface area contributed by atoms with E-state index in [9.17, 15) is 9.59 Å². The molecule has 0 bridgehead atoms. The number of nitrogens with zero attached hydrogens (tertiary/aromatic N) is 1. The summed E-state index contributed by atoms with van der Waals surface area (Å²) in [6.45, 7) is 2.11. The largest absolute Gasteiger partial charge is 0.480 e. The maximum atomic E-state index is 11.8. The highest BCUT2D eigenvalue weighted by atomic mass is 16.4. The molecule has 2 unspecified atom stereocenters. The molecule has 110 valence electrons. The molecule has 1 heterocycles. The van der Waals surface area contributed by atoms with Gasteiger partial charge in [0.15, 0.2) is 0 Å². The number of aromatic nitrogens is 2. The number of hydrogen-bond acceptors (Lipinski definition) is 3. The van der Waals surface area contributed by atoms with Crippen molar-refractivity contribution in [3.8, 4) is 0 Å². The Hall–Kier alpha value is -2.05. The van der Waals surface area contributed by atoms with E-state index in [1.54, 1.807) is 6.20 Å². The Morgan fingerprint density at radius 1 is 1.60 bits per heavy atom. The first-order valence-electron chi connectivity index (χ1n) is 6.87. The van der Waals surface area contributed by atoms with E-state index in [1.807, 2.05) is 0 Å². The van der Waals surface area contributed by atoms with Gasteiger partial charge in [-0.15, -0.1) is 0 Å². The molecule has 2 amide bonds. The maximum absolute atomic E-state index is 11.8. The molecule has 7 nitrogen and oxygen atoms in total. The molecule has 0 spiro atoms. The molecule has 0 aliphatic heterocycles. The highest BCUT2D eigenvalue weighted by Gasteiger charge is 2.37. The fourth-order valence-electron chi connectivity index (χ4n) is 2.30. The van der Waals surface area contributed by atoms with Crippen LogP contribution in [0, 0.1) is 5.92 Å². The number of amides is 2. The molecule has 3 atom stereocenters. The lowest BCUT2D eigenvalue weighted by atomic mass is 10.2. The lowest BCUT2D eigenvalue weighted by molar-refractivity contribution is -0.139. The van der Waals surface area contributed by atoms with E-state index in [0.717, 1.165) is 19.3 Å². The fourth-order valence-corrected chi connectivity index (χ4v) is 2.30. The lowest BCUT2D eigenvalue weighted by Crippen LogP contribution is -2.48. The molecular formula is C13H20N4O3. The molecule has 1 aromatic rings. The molecule has 1 aromatic heterocycles. The molecule has 0 radical (unpaired) electrons. The van der Waals surface area contributed by atoms with Crippen LogP contribution in [-0.2, 0) is 11.2 Å². The number of hydrogen-bond donors (Lipinski definition) is 4. The molecular weight excluding hydrogens is 260 g/mol. The minimum absolute atomic E-state index is 0.186. The van der Waals surface area contributed by atoms with Gasteiger partial charge in [-0.3, -0.25) is 0 Å². The molecule has 1 fully saturated rings. The van der Waals surface area contributed by atoms with E-state index < -0.39 is 18.0 Å². The highest BCUT2D eigenvalue weighted by Crippen LogP contribution is 2.34. The summed E-state index contributed by atoms with van der Waals surface area (Å²) in [6, 6.07) is -1.18. The van der Waals surface area contributed by atoms with Crippen molar-refractivity contribution in [1.29, 1.82) is 0 Å². The zero-order valence-electron chi connectivity index (χ0n) is 11.4. The van der Waals surface area contributed by atoms with Gasteiger partial charge in [0.2, 0.25) is 0 Å². The average molecular weight is 280 g/mol. The van der Waals surface area contributed by atoms with Crippen LogP contribution in [0.1, 0.15) is 31.9 Å². The first-order valence-corrected chi connectivity index (χ1v) is 6.87. The topological polar surface area (TPSA) is 107 Å². The molecule has 4 N–H and O–H groups in total. The van der Waals surface area contributed by atoms with Crippen LogP contribution in [0.5, 0.6) is 0 Å². The van der Waals surface area contributed by atoms with Crippen LogP contribution in [-0.4, -0.2) is 39.2 Å². The van der Waals surface area contributed by atoms with Crippen LogP contribution in [0.2, 0.25) is 0 Å². The van der Waals surface area contributed by atoms with Crippen molar-refractivity contribution in [3.05, 3.63) is 18.2 Å². The van der Waals surface area contributed by atoms with E-state index in [-0.39, 0.29) is 12.5 Å². The number of carbonyl (C=O) groups excluding carboxylic acids is 1. The number of nitrogens with one attached hydrogen (secondary N) is 3. The number of carboxylic acid groups (broad SMARTS) is 1. The monoisotopic (exact) mass is 280 g/mol. The van der Waals surface area contributed by atoms with Gasteiger partial charge in [0.1, 0.15) is 6.04 Å². The van der Waals surface area contributed by atoms with Crippen molar-refractivity contribution in [3.63, 3.8) is 0 Å². The molecule has 1 aliphatic carbocycles. The number of rotatable bonds is 7. The Morgan fingerprint density at radius 2 is 2.40 bits per heavy atom. The number of carbonyl (C=O) groups is 2. The number of aliphatic carboxylic acids is 1. The van der Waals surface area contributed by atoms with Crippen molar-refractivity contribution >= 4 is 12.0 Å². The quantitative estimate of drug-likeness (QED) is 0.595. The van der Waals surface area contributed by atoms with Gasteiger partial charge >= 0.3 is 12.0 Å². The first-order chi connectivity index (χ1) is 9.60. The van der Waals surface area contributed by atoms with Crippen molar-refractivity contribution in [2.45, 2.75) is 44.7 Å². The molecule has 1 saturated carbocycles. The Kier molecular flexibility index (Phi) is 4.60. The van der Waals surface area contributed by atoms with Crippen LogP contribution in [0.3, 0.4) is 0 Å². The van der Waals surface area contributed by atoms with Gasteiger partial charge in [0.05, 0.1) is 6.33 Å². The Bertz CT molecular complexity index is 460. The highest BCUT2D eigenvalue weighted by molar-refractivity contribution is 5.83. The predicted octanol–water partition coefficient (Wildman–Crippen LogP) is 0.893. The molecule has 20 heavy (non-hydrogen) atoms. The predicted molar refractivity (Wildman–Crippen MR) is 72.2 cm³/mol. The molecule has 1 aliphatic rings. The number of aromatic amines is 1. The summed E-state index contributed by atoms with van der Waals surface area (Å²) in [4.78, 5) is 29.6. The second kappa shape index (κ2) is 6.40. The minimum Gasteiger partial charge on any atom is -0.480 e. The van der Waals surface area contributed by atoms with Crippen LogP contribution in [0.25, 0.3) is 0 Å². The van der Waals surface area contributed by atoms with E-state index in [4.69, 9.17) is 5.11 Å². The molecule has 2 rings (SSSR count). The lowest BCUT2D eigenvalue weighted by Gasteiger charge is -2.14. The molecule has 7 heteroatoms. The van der Waals surface area contributed by atoms with E-state index in [2.05, 4.69) is 27.5 Å². The fraction of sp³-hybridized carbons (Fsp3) is 0.615. The summed E-state index contributed by atoms with van der Waals surface area (Å²) in [7, 11) is 0. The van der Waals surface area contributed by atoms with Gasteiger partial charge in [0, 0.05) is 24.4 Å². The minimum atomic E-state index is -1.06. The number of carboxylic acids is 1. The summed E-state index contributed by atoms with van der Waals surface area (Å²) in [6.07, 6.45) is 6.40. The van der Waals surface area contributed by atoms with Crippen LogP contribution in [0.4, 0.5) is 4.79 Å². The van der Waals surface area contributed by atoms with Crippen molar-refractivity contribution < 1.29 is 14.7 Å². The summed E-state index contributed by atoms with van der Waals surface area (Å²) in [5, 5.41) is 14.4. The van der Waals surface area contributed by atoms with Crippen LogP contribution < -0.4 is 10.6 Å². The van der Waals surface area contributed by atoms with Gasteiger partial charge in [-0.25, -0.2) is 14.6 Å². The van der Waals surface area contributed by atoms with E-state index >= 15 is 0 Å². The summed E-state index contributed by atoms with van der Waals surface area (Å²) in [5.74, 6) is -0.516. The summed E-state index contributed by atoms with van der Waals surface area (Å²) in [5.41, 5.74) is 0.674. The van der Waals surface area contributed by atoms with Gasteiger partial charge in [-0.2, -0.15) is 0 Å². The Labute approximate surface area is 117 Å².